The van der Waals surface area contributed by atoms with Crippen molar-refractivity contribution in [2.75, 3.05) is 31.1 Å². The fraction of sp³-hybridized carbons (Fsp3) is 0.156. The van der Waals surface area contributed by atoms with E-state index in [-0.39, 0.29) is 21.8 Å². The highest BCUT2D eigenvalue weighted by Crippen LogP contribution is 2.37. The monoisotopic (exact) mass is 613 g/mol. The number of rotatable bonds is 7. The first-order chi connectivity index (χ1) is 19.5. The van der Waals surface area contributed by atoms with Crippen molar-refractivity contribution in [2.45, 2.75) is 16.0 Å². The summed E-state index contributed by atoms with van der Waals surface area (Å²) in [4.78, 5) is 9.18. The number of sulfone groups is 1. The summed E-state index contributed by atoms with van der Waals surface area (Å²) < 4.78 is 34.7. The lowest BCUT2D eigenvalue weighted by Crippen LogP contribution is -2.48. The zero-order valence-electron chi connectivity index (χ0n) is 21.7. The van der Waals surface area contributed by atoms with E-state index in [1.54, 1.807) is 24.3 Å². The number of oxazole rings is 1. The molecule has 0 N–H and O–H groups in total. The van der Waals surface area contributed by atoms with E-state index in [0.717, 1.165) is 23.1 Å². The molecule has 0 bridgehead atoms. The van der Waals surface area contributed by atoms with Gasteiger partial charge in [-0.1, -0.05) is 94.8 Å². The summed E-state index contributed by atoms with van der Waals surface area (Å²) in [5.74, 6) is 0.581. The standard InChI is InChI=1S/C32H28BrN3O3S/c33-27-16-18-28(19-17-27)40(37,38)31-32(39-30(34-31)26-14-8-3-9-15-26)36-22-20-35(21-23-36)29(24-10-4-1-5-11-24)25-12-6-2-7-13-25/h1-19,29H,20-23H2. The molecule has 1 aliphatic rings. The summed E-state index contributed by atoms with van der Waals surface area (Å²) in [6.07, 6.45) is 0. The Morgan fingerprint density at radius 3 is 1.77 bits per heavy atom. The van der Waals surface area contributed by atoms with E-state index in [0.29, 0.717) is 19.0 Å². The molecule has 6 nitrogen and oxygen atoms in total. The Balaban J connectivity index is 1.33. The molecule has 1 aliphatic heterocycles. The number of hydrogen-bond donors (Lipinski definition) is 0. The molecule has 1 fully saturated rings. The van der Waals surface area contributed by atoms with Gasteiger partial charge in [-0.2, -0.15) is 4.98 Å². The number of aromatic nitrogens is 1. The maximum atomic E-state index is 13.8. The van der Waals surface area contributed by atoms with Crippen molar-refractivity contribution in [3.8, 4) is 11.5 Å². The maximum absolute atomic E-state index is 13.8. The van der Waals surface area contributed by atoms with Crippen LogP contribution in [0.15, 0.2) is 134 Å². The van der Waals surface area contributed by atoms with Gasteiger partial charge in [0.25, 0.3) is 0 Å². The highest BCUT2D eigenvalue weighted by atomic mass is 79.9. The molecule has 0 spiro atoms. The molecule has 5 aromatic rings. The largest absolute Gasteiger partial charge is 0.419 e. The van der Waals surface area contributed by atoms with Crippen molar-refractivity contribution in [2.24, 2.45) is 0 Å². The Hall–Kier alpha value is -3.72. The molecule has 40 heavy (non-hydrogen) atoms. The number of hydrogen-bond acceptors (Lipinski definition) is 6. The molecule has 0 saturated carbocycles. The lowest BCUT2D eigenvalue weighted by molar-refractivity contribution is 0.209. The van der Waals surface area contributed by atoms with E-state index in [2.05, 4.69) is 74.3 Å². The molecule has 0 atom stereocenters. The third-order valence-electron chi connectivity index (χ3n) is 7.18. The Labute approximate surface area is 243 Å². The molecular formula is C32H28BrN3O3S. The number of nitrogens with zero attached hydrogens (tertiary/aromatic N) is 3. The molecule has 2 heterocycles. The molecule has 0 radical (unpaired) electrons. The van der Waals surface area contributed by atoms with Gasteiger partial charge in [-0.3, -0.25) is 4.90 Å². The first-order valence-corrected chi connectivity index (χ1v) is 15.4. The second-order valence-electron chi connectivity index (χ2n) is 9.70. The molecular weight excluding hydrogens is 586 g/mol. The van der Waals surface area contributed by atoms with E-state index in [1.165, 1.54) is 11.1 Å². The Bertz CT molecular complexity index is 1630. The predicted octanol–water partition coefficient (Wildman–Crippen LogP) is 6.85. The van der Waals surface area contributed by atoms with Crippen LogP contribution < -0.4 is 4.90 Å². The van der Waals surface area contributed by atoms with Crippen LogP contribution in [0.25, 0.3) is 11.5 Å². The minimum Gasteiger partial charge on any atom is -0.419 e. The van der Waals surface area contributed by atoms with Crippen molar-refractivity contribution in [1.29, 1.82) is 0 Å². The SMILES string of the molecule is O=S(=O)(c1ccc(Br)cc1)c1nc(-c2ccccc2)oc1N1CCN(C(c2ccccc2)c2ccccc2)CC1. The zero-order valence-corrected chi connectivity index (χ0v) is 24.1. The van der Waals surface area contributed by atoms with E-state index < -0.39 is 9.84 Å². The Kier molecular flexibility index (Phi) is 7.56. The number of piperazine rings is 1. The van der Waals surface area contributed by atoms with Crippen LogP contribution in [-0.2, 0) is 9.84 Å². The van der Waals surface area contributed by atoms with Gasteiger partial charge in [0.15, 0.2) is 0 Å². The van der Waals surface area contributed by atoms with Crippen LogP contribution in [0.4, 0.5) is 5.88 Å². The van der Waals surface area contributed by atoms with Crippen molar-refractivity contribution >= 4 is 31.7 Å². The third-order valence-corrected chi connectivity index (χ3v) is 9.37. The second kappa shape index (κ2) is 11.4. The number of halogens is 1. The van der Waals surface area contributed by atoms with Crippen LogP contribution in [0.3, 0.4) is 0 Å². The minimum absolute atomic E-state index is 0.0511. The summed E-state index contributed by atoms with van der Waals surface area (Å²) in [5.41, 5.74) is 3.19. The van der Waals surface area contributed by atoms with Crippen LogP contribution in [0.1, 0.15) is 17.2 Å². The first kappa shape index (κ1) is 26.5. The Morgan fingerprint density at radius 2 is 1.23 bits per heavy atom. The Morgan fingerprint density at radius 1 is 0.700 bits per heavy atom. The zero-order chi connectivity index (χ0) is 27.5. The summed E-state index contributed by atoms with van der Waals surface area (Å²) in [6.45, 7) is 2.66. The van der Waals surface area contributed by atoms with Gasteiger partial charge in [0.2, 0.25) is 26.6 Å². The highest BCUT2D eigenvalue weighted by Gasteiger charge is 2.34. The van der Waals surface area contributed by atoms with E-state index in [1.807, 2.05) is 47.4 Å². The molecule has 0 aliphatic carbocycles. The molecule has 202 valence electrons. The molecule has 0 amide bonds. The summed E-state index contributed by atoms with van der Waals surface area (Å²) in [5, 5.41) is -0.0511. The summed E-state index contributed by atoms with van der Waals surface area (Å²) in [6, 6.07) is 37.1. The van der Waals surface area contributed by atoms with Crippen LogP contribution in [0.2, 0.25) is 0 Å². The summed E-state index contributed by atoms with van der Waals surface area (Å²) >= 11 is 3.39. The van der Waals surface area contributed by atoms with Crippen LogP contribution >= 0.6 is 15.9 Å². The number of benzene rings is 4. The molecule has 1 aromatic heterocycles. The first-order valence-electron chi connectivity index (χ1n) is 13.2. The topological polar surface area (TPSA) is 66.7 Å². The van der Waals surface area contributed by atoms with Crippen molar-refractivity contribution < 1.29 is 12.8 Å². The van der Waals surface area contributed by atoms with Crippen molar-refractivity contribution in [1.82, 2.24) is 9.88 Å². The van der Waals surface area contributed by atoms with Crippen molar-refractivity contribution in [3.05, 3.63) is 131 Å². The normalized spacial score (nSPS) is 14.5. The lowest BCUT2D eigenvalue weighted by atomic mass is 9.96. The smallest absolute Gasteiger partial charge is 0.236 e. The summed E-state index contributed by atoms with van der Waals surface area (Å²) in [7, 11) is -3.92. The number of anilines is 1. The maximum Gasteiger partial charge on any atom is 0.236 e. The van der Waals surface area contributed by atoms with Crippen LogP contribution in [-0.4, -0.2) is 44.5 Å². The third kappa shape index (κ3) is 5.35. The predicted molar refractivity (Wildman–Crippen MR) is 160 cm³/mol. The van der Waals surface area contributed by atoms with E-state index >= 15 is 0 Å². The van der Waals surface area contributed by atoms with Gasteiger partial charge in [-0.15, -0.1) is 0 Å². The molecule has 1 saturated heterocycles. The molecule has 4 aromatic carbocycles. The average Bonchev–Trinajstić information content (AvgIpc) is 3.46. The molecule has 8 heteroatoms. The van der Waals surface area contributed by atoms with Gasteiger partial charge in [0, 0.05) is 36.2 Å². The van der Waals surface area contributed by atoms with Crippen LogP contribution in [0.5, 0.6) is 0 Å². The fourth-order valence-corrected chi connectivity index (χ4v) is 6.76. The quantitative estimate of drug-likeness (QED) is 0.200. The molecule has 0 unspecified atom stereocenters. The average molecular weight is 615 g/mol. The van der Waals surface area contributed by atoms with Gasteiger partial charge < -0.3 is 9.32 Å². The van der Waals surface area contributed by atoms with Gasteiger partial charge in [0.1, 0.15) is 0 Å². The lowest BCUT2D eigenvalue weighted by Gasteiger charge is -2.39. The van der Waals surface area contributed by atoms with E-state index in [9.17, 15) is 8.42 Å². The van der Waals surface area contributed by atoms with Crippen LogP contribution in [0, 0.1) is 0 Å². The van der Waals surface area contributed by atoms with Gasteiger partial charge in [0.05, 0.1) is 10.9 Å². The minimum atomic E-state index is -3.92. The fourth-order valence-electron chi connectivity index (χ4n) is 5.17. The van der Waals surface area contributed by atoms with Crippen molar-refractivity contribution in [3.63, 3.8) is 0 Å². The van der Waals surface area contributed by atoms with Gasteiger partial charge in [-0.05, 0) is 47.5 Å². The second-order valence-corrected chi connectivity index (χ2v) is 12.5. The molecule has 6 rings (SSSR count). The van der Waals surface area contributed by atoms with E-state index in [4.69, 9.17) is 4.42 Å². The van der Waals surface area contributed by atoms with Gasteiger partial charge >= 0.3 is 0 Å². The highest BCUT2D eigenvalue weighted by molar-refractivity contribution is 9.10. The van der Waals surface area contributed by atoms with Gasteiger partial charge in [-0.25, -0.2) is 8.42 Å².